The third-order valence-corrected chi connectivity index (χ3v) is 7.73. The molecule has 39 heavy (non-hydrogen) atoms. The van der Waals surface area contributed by atoms with Gasteiger partial charge >= 0.3 is 0 Å². The average Bonchev–Trinajstić information content (AvgIpc) is 3.35. The van der Waals surface area contributed by atoms with E-state index in [4.69, 9.17) is 23.7 Å². The molecular formula is C33H34O6. The quantitative estimate of drug-likeness (QED) is 0.269. The van der Waals surface area contributed by atoms with Gasteiger partial charge < -0.3 is 28.8 Å². The highest BCUT2D eigenvalue weighted by atomic mass is 16.5. The maximum Gasteiger partial charge on any atom is 0.126 e. The Balaban J connectivity index is 1.82. The normalized spacial score (nSPS) is 18.7. The van der Waals surface area contributed by atoms with Crippen molar-refractivity contribution in [1.29, 1.82) is 0 Å². The summed E-state index contributed by atoms with van der Waals surface area (Å²) in [6.07, 6.45) is -0.799. The molecule has 202 valence electrons. The predicted octanol–water partition coefficient (Wildman–Crippen LogP) is 6.48. The summed E-state index contributed by atoms with van der Waals surface area (Å²) in [5.74, 6) is 2.88. The van der Waals surface area contributed by atoms with Crippen LogP contribution in [0.15, 0.2) is 84.9 Å². The Morgan fingerprint density at radius 3 is 1.74 bits per heavy atom. The van der Waals surface area contributed by atoms with Crippen LogP contribution in [0.25, 0.3) is 0 Å². The average molecular weight is 527 g/mol. The largest absolute Gasteiger partial charge is 0.497 e. The second-order valence-electron chi connectivity index (χ2n) is 9.64. The number of aliphatic hydroxyl groups is 1. The van der Waals surface area contributed by atoms with Crippen LogP contribution >= 0.6 is 0 Å². The predicted molar refractivity (Wildman–Crippen MR) is 151 cm³/mol. The maximum absolute atomic E-state index is 12.1. The van der Waals surface area contributed by atoms with Crippen LogP contribution in [0.4, 0.5) is 0 Å². The molecule has 0 bridgehead atoms. The first-order valence-corrected chi connectivity index (χ1v) is 12.9. The lowest BCUT2D eigenvalue weighted by Crippen LogP contribution is -2.18. The first-order chi connectivity index (χ1) is 19.0. The van der Waals surface area contributed by atoms with Crippen LogP contribution in [0, 0.1) is 0 Å². The lowest BCUT2D eigenvalue weighted by Gasteiger charge is -2.30. The van der Waals surface area contributed by atoms with Crippen molar-refractivity contribution < 1.29 is 28.8 Å². The fourth-order valence-corrected chi connectivity index (χ4v) is 5.93. The van der Waals surface area contributed by atoms with Gasteiger partial charge in [0.25, 0.3) is 0 Å². The number of benzene rings is 4. The van der Waals surface area contributed by atoms with Crippen molar-refractivity contribution in [2.24, 2.45) is 0 Å². The zero-order valence-corrected chi connectivity index (χ0v) is 22.9. The summed E-state index contributed by atoms with van der Waals surface area (Å²) in [5.41, 5.74) is 4.91. The van der Waals surface area contributed by atoms with Gasteiger partial charge in [-0.3, -0.25) is 0 Å². The van der Waals surface area contributed by atoms with Crippen LogP contribution in [0.3, 0.4) is 0 Å². The van der Waals surface area contributed by atoms with Crippen molar-refractivity contribution in [3.63, 3.8) is 0 Å². The Kier molecular flexibility index (Phi) is 7.66. The fraction of sp³-hybridized carbons (Fsp3) is 0.273. The SMILES string of the molecule is COc1ccc([C@@H]2c3c(OC)cc(OC)cc3C(C(O)c3ccccc3)[C@H]2c2cc(OC)cc(OC)c2)cc1. The number of fused-ring (bicyclic) bond motifs is 1. The molecule has 1 N–H and O–H groups in total. The number of methoxy groups -OCH3 is 5. The summed E-state index contributed by atoms with van der Waals surface area (Å²) >= 11 is 0. The number of hydrogen-bond acceptors (Lipinski definition) is 6. The minimum Gasteiger partial charge on any atom is -0.497 e. The molecule has 0 heterocycles. The van der Waals surface area contributed by atoms with E-state index in [1.165, 1.54) is 0 Å². The van der Waals surface area contributed by atoms with Gasteiger partial charge in [-0.25, -0.2) is 0 Å². The number of ether oxygens (including phenoxy) is 5. The van der Waals surface area contributed by atoms with E-state index in [0.29, 0.717) is 23.0 Å². The van der Waals surface area contributed by atoms with E-state index in [9.17, 15) is 5.11 Å². The number of hydrogen-bond donors (Lipinski definition) is 1. The summed E-state index contributed by atoms with van der Waals surface area (Å²) in [6, 6.07) is 27.7. The van der Waals surface area contributed by atoms with E-state index in [1.54, 1.807) is 35.5 Å². The molecule has 0 saturated heterocycles. The van der Waals surface area contributed by atoms with Crippen molar-refractivity contribution >= 4 is 0 Å². The Labute approximate surface area is 229 Å². The molecular weight excluding hydrogens is 492 g/mol. The molecule has 4 aromatic carbocycles. The van der Waals surface area contributed by atoms with Gasteiger partial charge in [0.1, 0.15) is 28.7 Å². The highest BCUT2D eigenvalue weighted by Gasteiger charge is 2.48. The van der Waals surface area contributed by atoms with Gasteiger partial charge in [0.15, 0.2) is 0 Å². The topological polar surface area (TPSA) is 66.4 Å². The standard InChI is InChI=1S/C33H34O6/c1-35-23-13-11-20(12-14-23)29-30(22-15-24(36-2)17-25(16-22)37-3)32(33(34)21-9-7-6-8-10-21)27-18-26(38-4)19-28(39-5)31(27)29/h6-19,29-30,32-34H,1-5H3/t29-,30-,32?,33?/m0/s1. The van der Waals surface area contributed by atoms with Crippen molar-refractivity contribution in [2.75, 3.05) is 35.5 Å². The molecule has 1 aliphatic rings. The zero-order valence-electron chi connectivity index (χ0n) is 22.9. The van der Waals surface area contributed by atoms with Crippen molar-refractivity contribution in [3.8, 4) is 28.7 Å². The van der Waals surface area contributed by atoms with Crippen molar-refractivity contribution in [3.05, 3.63) is 113 Å². The molecule has 6 nitrogen and oxygen atoms in total. The third kappa shape index (κ3) is 4.88. The molecule has 2 unspecified atom stereocenters. The van der Waals surface area contributed by atoms with E-state index in [2.05, 4.69) is 12.1 Å². The van der Waals surface area contributed by atoms with Crippen LogP contribution in [-0.2, 0) is 0 Å². The van der Waals surface area contributed by atoms with E-state index >= 15 is 0 Å². The summed E-state index contributed by atoms with van der Waals surface area (Å²) in [4.78, 5) is 0. The molecule has 5 rings (SSSR count). The van der Waals surface area contributed by atoms with E-state index in [-0.39, 0.29) is 17.8 Å². The van der Waals surface area contributed by atoms with Crippen LogP contribution in [0.2, 0.25) is 0 Å². The highest BCUT2D eigenvalue weighted by Crippen LogP contribution is 2.62. The fourth-order valence-electron chi connectivity index (χ4n) is 5.93. The molecule has 1 aliphatic carbocycles. The molecule has 0 spiro atoms. The lowest BCUT2D eigenvalue weighted by atomic mass is 9.75. The second-order valence-corrected chi connectivity index (χ2v) is 9.64. The first kappa shape index (κ1) is 26.4. The van der Waals surface area contributed by atoms with Gasteiger partial charge in [-0.1, -0.05) is 42.5 Å². The molecule has 0 aromatic heterocycles. The van der Waals surface area contributed by atoms with Crippen molar-refractivity contribution in [2.45, 2.75) is 23.9 Å². The van der Waals surface area contributed by atoms with Gasteiger partial charge in [-0.2, -0.15) is 0 Å². The van der Waals surface area contributed by atoms with E-state index < -0.39 is 6.10 Å². The van der Waals surface area contributed by atoms with Gasteiger partial charge in [0.05, 0.1) is 41.7 Å². The summed E-state index contributed by atoms with van der Waals surface area (Å²) in [5, 5.41) is 12.1. The van der Waals surface area contributed by atoms with Gasteiger partial charge in [-0.15, -0.1) is 0 Å². The molecule has 4 aromatic rings. The van der Waals surface area contributed by atoms with Gasteiger partial charge in [0.2, 0.25) is 0 Å². The Hall–Kier alpha value is -4.16. The Morgan fingerprint density at radius 2 is 1.18 bits per heavy atom. The summed E-state index contributed by atoms with van der Waals surface area (Å²) < 4.78 is 28.4. The number of aliphatic hydroxyl groups excluding tert-OH is 1. The molecule has 0 aliphatic heterocycles. The molecule has 4 atom stereocenters. The minimum atomic E-state index is -0.799. The summed E-state index contributed by atoms with van der Waals surface area (Å²) in [6.45, 7) is 0. The highest BCUT2D eigenvalue weighted by molar-refractivity contribution is 5.61. The van der Waals surface area contributed by atoms with E-state index in [1.807, 2.05) is 72.8 Å². The molecule has 6 heteroatoms. The third-order valence-electron chi connectivity index (χ3n) is 7.73. The van der Waals surface area contributed by atoms with Crippen molar-refractivity contribution in [1.82, 2.24) is 0 Å². The Morgan fingerprint density at radius 1 is 0.590 bits per heavy atom. The molecule has 0 saturated carbocycles. The zero-order chi connectivity index (χ0) is 27.5. The van der Waals surface area contributed by atoms with Crippen LogP contribution in [0.5, 0.6) is 28.7 Å². The van der Waals surface area contributed by atoms with Gasteiger partial charge in [-0.05, 0) is 52.6 Å². The molecule has 0 fully saturated rings. The Bertz CT molecular complexity index is 1390. The monoisotopic (exact) mass is 526 g/mol. The smallest absolute Gasteiger partial charge is 0.126 e. The number of rotatable bonds is 9. The maximum atomic E-state index is 12.1. The van der Waals surface area contributed by atoms with E-state index in [0.717, 1.165) is 33.6 Å². The second kappa shape index (κ2) is 11.3. The van der Waals surface area contributed by atoms with Crippen LogP contribution in [-0.4, -0.2) is 40.7 Å². The van der Waals surface area contributed by atoms with Crippen LogP contribution < -0.4 is 23.7 Å². The van der Waals surface area contributed by atoms with Gasteiger partial charge in [0, 0.05) is 35.4 Å². The lowest BCUT2D eigenvalue weighted by molar-refractivity contribution is 0.134. The molecule has 0 radical (unpaired) electrons. The summed E-state index contributed by atoms with van der Waals surface area (Å²) in [7, 11) is 8.27. The van der Waals surface area contributed by atoms with Crippen LogP contribution in [0.1, 0.15) is 51.7 Å². The molecule has 0 amide bonds. The first-order valence-electron chi connectivity index (χ1n) is 12.9. The minimum absolute atomic E-state index is 0.146.